The summed E-state index contributed by atoms with van der Waals surface area (Å²) in [5.74, 6) is 0.688. The van der Waals surface area contributed by atoms with Gasteiger partial charge in [0.2, 0.25) is 0 Å². The van der Waals surface area contributed by atoms with Gasteiger partial charge in [0.1, 0.15) is 0 Å². The summed E-state index contributed by atoms with van der Waals surface area (Å²) < 4.78 is 0. The molecule has 2 heteroatoms. The topological polar surface area (TPSA) is 29.3 Å². The average molecular weight is 274 g/mol. The van der Waals surface area contributed by atoms with E-state index in [1.54, 1.807) is 0 Å². The van der Waals surface area contributed by atoms with E-state index in [4.69, 9.17) is 5.73 Å². The standard InChI is InChI=1S/C18H30N2/c1-13(2)12-20-10-6-5-7-17(19)18(20)16-11-14(3)8-9-15(16)4/h8-9,11,13,17-18H,5-7,10,12,19H2,1-4H3. The predicted octanol–water partition coefficient (Wildman–Crippen LogP) is 3.81. The Bertz CT molecular complexity index is 439. The summed E-state index contributed by atoms with van der Waals surface area (Å²) >= 11 is 0. The molecule has 0 spiro atoms. The van der Waals surface area contributed by atoms with Gasteiger partial charge in [-0.2, -0.15) is 0 Å². The van der Waals surface area contributed by atoms with E-state index in [1.165, 1.54) is 36.1 Å². The van der Waals surface area contributed by atoms with Gasteiger partial charge in [0.25, 0.3) is 0 Å². The van der Waals surface area contributed by atoms with Crippen molar-refractivity contribution in [2.24, 2.45) is 11.7 Å². The number of nitrogens with two attached hydrogens (primary N) is 1. The Morgan fingerprint density at radius 1 is 1.25 bits per heavy atom. The number of hydrogen-bond acceptors (Lipinski definition) is 2. The molecule has 2 atom stereocenters. The van der Waals surface area contributed by atoms with Gasteiger partial charge in [0, 0.05) is 12.6 Å². The summed E-state index contributed by atoms with van der Waals surface area (Å²) in [5, 5.41) is 0. The van der Waals surface area contributed by atoms with Crippen molar-refractivity contribution in [2.45, 2.75) is 59.0 Å². The van der Waals surface area contributed by atoms with E-state index >= 15 is 0 Å². The quantitative estimate of drug-likeness (QED) is 0.908. The van der Waals surface area contributed by atoms with Gasteiger partial charge >= 0.3 is 0 Å². The van der Waals surface area contributed by atoms with Crippen molar-refractivity contribution in [1.29, 1.82) is 0 Å². The molecule has 0 radical (unpaired) electrons. The maximum atomic E-state index is 6.55. The Morgan fingerprint density at radius 2 is 2.00 bits per heavy atom. The van der Waals surface area contributed by atoms with Crippen molar-refractivity contribution >= 4 is 0 Å². The molecule has 1 aliphatic rings. The van der Waals surface area contributed by atoms with Crippen LogP contribution in [-0.4, -0.2) is 24.0 Å². The first-order valence-electron chi connectivity index (χ1n) is 8.06. The van der Waals surface area contributed by atoms with Crippen molar-refractivity contribution < 1.29 is 0 Å². The number of nitrogens with zero attached hydrogens (tertiary/aromatic N) is 1. The second-order valence-corrected chi connectivity index (χ2v) is 6.85. The second kappa shape index (κ2) is 6.73. The zero-order chi connectivity index (χ0) is 14.7. The minimum absolute atomic E-state index is 0.261. The summed E-state index contributed by atoms with van der Waals surface area (Å²) in [6, 6.07) is 7.44. The highest BCUT2D eigenvalue weighted by atomic mass is 15.2. The molecule has 2 N–H and O–H groups in total. The fourth-order valence-electron chi connectivity index (χ4n) is 3.44. The number of benzene rings is 1. The first kappa shape index (κ1) is 15.5. The summed E-state index contributed by atoms with van der Waals surface area (Å²) in [6.45, 7) is 11.3. The van der Waals surface area contributed by atoms with Crippen LogP contribution in [0.2, 0.25) is 0 Å². The third-order valence-electron chi connectivity index (χ3n) is 4.38. The van der Waals surface area contributed by atoms with Crippen LogP contribution in [0.15, 0.2) is 18.2 Å². The minimum atomic E-state index is 0.261. The highest BCUT2D eigenvalue weighted by Gasteiger charge is 2.30. The Hall–Kier alpha value is -0.860. The maximum Gasteiger partial charge on any atom is 0.0501 e. The van der Waals surface area contributed by atoms with Crippen LogP contribution in [-0.2, 0) is 0 Å². The van der Waals surface area contributed by atoms with Crippen LogP contribution in [0.1, 0.15) is 55.8 Å². The molecule has 0 aromatic heterocycles. The van der Waals surface area contributed by atoms with E-state index in [9.17, 15) is 0 Å². The van der Waals surface area contributed by atoms with Crippen molar-refractivity contribution in [3.05, 3.63) is 34.9 Å². The van der Waals surface area contributed by atoms with E-state index in [2.05, 4.69) is 50.8 Å². The van der Waals surface area contributed by atoms with Gasteiger partial charge in [-0.05, 0) is 50.3 Å². The van der Waals surface area contributed by atoms with Crippen LogP contribution in [0.5, 0.6) is 0 Å². The smallest absolute Gasteiger partial charge is 0.0501 e. The normalized spacial score (nSPS) is 24.9. The van der Waals surface area contributed by atoms with E-state index in [0.29, 0.717) is 12.0 Å². The monoisotopic (exact) mass is 274 g/mol. The van der Waals surface area contributed by atoms with E-state index in [0.717, 1.165) is 13.0 Å². The third kappa shape index (κ3) is 3.62. The lowest BCUT2D eigenvalue weighted by molar-refractivity contribution is 0.165. The van der Waals surface area contributed by atoms with Crippen LogP contribution >= 0.6 is 0 Å². The van der Waals surface area contributed by atoms with Gasteiger partial charge in [-0.25, -0.2) is 0 Å². The number of aryl methyl sites for hydroxylation is 2. The van der Waals surface area contributed by atoms with E-state index in [1.807, 2.05) is 0 Å². The molecule has 0 amide bonds. The molecule has 1 aliphatic heterocycles. The van der Waals surface area contributed by atoms with Gasteiger partial charge in [-0.15, -0.1) is 0 Å². The molecule has 0 bridgehead atoms. The molecule has 2 rings (SSSR count). The Labute approximate surface area is 124 Å². The summed E-state index contributed by atoms with van der Waals surface area (Å²) in [6.07, 6.45) is 3.69. The number of rotatable bonds is 3. The lowest BCUT2D eigenvalue weighted by Crippen LogP contribution is -2.41. The minimum Gasteiger partial charge on any atom is -0.326 e. The Morgan fingerprint density at radius 3 is 2.70 bits per heavy atom. The lowest BCUT2D eigenvalue weighted by Gasteiger charge is -2.36. The summed E-state index contributed by atoms with van der Waals surface area (Å²) in [7, 11) is 0. The Balaban J connectivity index is 2.36. The summed E-state index contributed by atoms with van der Waals surface area (Å²) in [5.41, 5.74) is 10.7. The average Bonchev–Trinajstić information content (AvgIpc) is 2.54. The van der Waals surface area contributed by atoms with Gasteiger partial charge in [-0.1, -0.05) is 44.0 Å². The number of hydrogen-bond donors (Lipinski definition) is 1. The summed E-state index contributed by atoms with van der Waals surface area (Å²) in [4.78, 5) is 2.63. The van der Waals surface area contributed by atoms with Crippen molar-refractivity contribution in [3.63, 3.8) is 0 Å². The van der Waals surface area contributed by atoms with Crippen molar-refractivity contribution in [2.75, 3.05) is 13.1 Å². The predicted molar refractivity (Wildman–Crippen MR) is 86.9 cm³/mol. The molecule has 20 heavy (non-hydrogen) atoms. The van der Waals surface area contributed by atoms with Crippen LogP contribution in [0, 0.1) is 19.8 Å². The third-order valence-corrected chi connectivity index (χ3v) is 4.38. The molecule has 1 heterocycles. The maximum absolute atomic E-state index is 6.55. The molecular formula is C18H30N2. The molecule has 112 valence electrons. The molecule has 1 aromatic carbocycles. The van der Waals surface area contributed by atoms with Gasteiger partial charge in [0.05, 0.1) is 6.04 Å². The van der Waals surface area contributed by atoms with Crippen LogP contribution in [0.3, 0.4) is 0 Å². The zero-order valence-electron chi connectivity index (χ0n) is 13.5. The second-order valence-electron chi connectivity index (χ2n) is 6.85. The SMILES string of the molecule is Cc1ccc(C)c(C2C(N)CCCCN2CC(C)C)c1. The fraction of sp³-hybridized carbons (Fsp3) is 0.667. The van der Waals surface area contributed by atoms with E-state index in [-0.39, 0.29) is 6.04 Å². The number of likely N-dealkylation sites (tertiary alicyclic amines) is 1. The molecule has 1 saturated heterocycles. The molecule has 2 nitrogen and oxygen atoms in total. The molecule has 2 unspecified atom stereocenters. The fourth-order valence-corrected chi connectivity index (χ4v) is 3.44. The Kier molecular flexibility index (Phi) is 5.22. The molecular weight excluding hydrogens is 244 g/mol. The molecule has 0 saturated carbocycles. The van der Waals surface area contributed by atoms with Crippen molar-refractivity contribution in [1.82, 2.24) is 4.90 Å². The van der Waals surface area contributed by atoms with Crippen LogP contribution in [0.25, 0.3) is 0 Å². The first-order chi connectivity index (χ1) is 9.49. The van der Waals surface area contributed by atoms with Gasteiger partial charge < -0.3 is 5.73 Å². The molecule has 1 aromatic rings. The first-order valence-corrected chi connectivity index (χ1v) is 8.06. The van der Waals surface area contributed by atoms with Gasteiger partial charge in [-0.3, -0.25) is 4.90 Å². The van der Waals surface area contributed by atoms with E-state index < -0.39 is 0 Å². The van der Waals surface area contributed by atoms with Crippen LogP contribution in [0.4, 0.5) is 0 Å². The zero-order valence-corrected chi connectivity index (χ0v) is 13.5. The van der Waals surface area contributed by atoms with Gasteiger partial charge in [0.15, 0.2) is 0 Å². The lowest BCUT2D eigenvalue weighted by atomic mass is 9.91. The molecule has 1 fully saturated rings. The highest BCUT2D eigenvalue weighted by molar-refractivity contribution is 5.34. The largest absolute Gasteiger partial charge is 0.326 e. The van der Waals surface area contributed by atoms with Crippen LogP contribution < -0.4 is 5.73 Å². The molecule has 0 aliphatic carbocycles. The highest BCUT2D eigenvalue weighted by Crippen LogP contribution is 2.32. The van der Waals surface area contributed by atoms with Crippen molar-refractivity contribution in [3.8, 4) is 0 Å².